The van der Waals surface area contributed by atoms with Crippen LogP contribution in [0.4, 0.5) is 0 Å². The number of primary amides is 1. The standard InChI is InChI=1S/C93H161N21O25/c1-21-24-25-29-55(118)43-69(120)97-57(23-3)92(137)114-38-28-31-67(114)85(130)106-65(44-116)83(128)104-63(41-47(6)7)81(126)109-71(50(12)13)89(134)107-66(45-117)84(129)105-64(42-48(8)9)82(127)110-74(53(18)19)90(135)111-72(51(14)15)87(132)100-58(32-33-68(96)119)77(122)103-62(40-46(4)5)80(125)108-70(49(10)11)86(131)98-56(22-2)76(121)113-75-54(20)139-93(138)61(30-26-27-36-94)102-78(123)59(34-37-95)99-79(124)60(35-39-115)101-88(133)73(52(16)17)112-91(75)136/h22-23,46-55,58-67,70-75,115-118H,21,24-45,94-95H2,1-20H3,(H2,96,119)(H,97,120)(H,98,131)(H,99,124)(H,100,132)(H,101,133)(H,102,123)(H,103,122)(H,104,128)(H,105,129)(H,106,130)(H,107,134)(H,108,125)(H,109,126)(H,110,127)(H,111,135)(H,112,136)(H,113,121)/b56-22-,57-23-/t54-,55-,58-,59-,60+,61+,62-,63-,64-,65-,66-,67+,70-,71-,72-,73+,74-,75+/m0/s1. The van der Waals surface area contributed by atoms with Gasteiger partial charge in [0.25, 0.3) is 11.8 Å². The minimum absolute atomic E-state index is 0.0437. The third kappa shape index (κ3) is 42.3. The number of aliphatic hydroxyl groups excluding tert-OH is 4. The predicted molar refractivity (Wildman–Crippen MR) is 511 cm³/mol. The maximum Gasteiger partial charge on any atom is 0.328 e. The van der Waals surface area contributed by atoms with Crippen LogP contribution in [-0.4, -0.2) is 292 Å². The summed E-state index contributed by atoms with van der Waals surface area (Å²) in [4.78, 5) is 283. The van der Waals surface area contributed by atoms with Crippen LogP contribution in [0, 0.1) is 47.3 Å². The molecule has 18 atom stereocenters. The van der Waals surface area contributed by atoms with Crippen molar-refractivity contribution >= 4 is 118 Å². The fraction of sp³-hybridized carbons (Fsp3) is 0.742. The quantitative estimate of drug-likeness (QED) is 0.0157. The van der Waals surface area contributed by atoms with Crippen LogP contribution in [0.2, 0.25) is 0 Å². The number of nitrogens with zero attached hydrogens (tertiary/aromatic N) is 1. The lowest BCUT2D eigenvalue weighted by Gasteiger charge is -2.31. The zero-order valence-electron chi connectivity index (χ0n) is 84.5. The molecule has 46 nitrogen and oxygen atoms in total. The monoisotopic (exact) mass is 1970 g/mol. The Bertz CT molecular complexity index is 4200. The van der Waals surface area contributed by atoms with Gasteiger partial charge in [0.05, 0.1) is 25.7 Å². The van der Waals surface area contributed by atoms with Crippen LogP contribution in [0.1, 0.15) is 248 Å². The molecule has 2 aliphatic heterocycles. The van der Waals surface area contributed by atoms with E-state index in [1.807, 2.05) is 6.92 Å². The fourth-order valence-corrected chi connectivity index (χ4v) is 15.2. The second kappa shape index (κ2) is 62.6. The van der Waals surface area contributed by atoms with Gasteiger partial charge in [0.15, 0.2) is 0 Å². The second-order valence-electron chi connectivity index (χ2n) is 38.4. The van der Waals surface area contributed by atoms with Gasteiger partial charge in [0.2, 0.25) is 100 Å². The summed E-state index contributed by atoms with van der Waals surface area (Å²) in [5, 5.41) is 84.7. The number of amides is 19. The lowest BCUT2D eigenvalue weighted by atomic mass is 9.97. The number of likely N-dealkylation sites (tertiary alicyclic amines) is 1. The molecule has 0 aromatic rings. The van der Waals surface area contributed by atoms with Crippen molar-refractivity contribution in [2.75, 3.05) is 39.5 Å². The lowest BCUT2D eigenvalue weighted by Crippen LogP contribution is -2.63. The molecule has 19 amide bonds. The van der Waals surface area contributed by atoms with Crippen LogP contribution in [0.3, 0.4) is 0 Å². The van der Waals surface area contributed by atoms with Crippen LogP contribution in [0.15, 0.2) is 23.5 Å². The molecule has 0 aromatic heterocycles. The van der Waals surface area contributed by atoms with Crippen molar-refractivity contribution in [2.45, 2.75) is 357 Å². The fourth-order valence-electron chi connectivity index (χ4n) is 15.2. The number of hydrogen-bond acceptors (Lipinski definition) is 27. The maximum absolute atomic E-state index is 14.7. The number of unbranched alkanes of at least 4 members (excludes halogenated alkanes) is 3. The van der Waals surface area contributed by atoms with Crippen LogP contribution >= 0.6 is 0 Å². The number of allylic oxidation sites excluding steroid dienone is 2. The van der Waals surface area contributed by atoms with Gasteiger partial charge in [0, 0.05) is 19.6 Å². The number of aliphatic hydroxyl groups is 4. The van der Waals surface area contributed by atoms with Crippen LogP contribution < -0.4 is 108 Å². The molecule has 788 valence electrons. The SMILES string of the molecule is C/C=C(\NC(=O)[C@@H](NC(=O)[C@H](CC(C)C)NC(=O)[C@H](CCC(N)=O)NC(=O)[C@@H](NC(=O)[C@@H](NC(=O)[C@H](CC(C)C)NC(=O)[C@H](CO)NC(=O)[C@@H](NC(=O)[C@H](CC(C)C)NC(=O)[C@H](CO)NC(=O)[C@H]1CCCN1C(=O)/C(=C/C)NC(=O)C[C@@H](O)CCCCC)C(C)C)C(C)C)C(C)C)C(C)C)C(=O)N[C@H]1C(=O)N[C@H](C(C)C)C(=O)N[C@H](CCO)C(=O)N[C@@H](CCN)C(=O)N[C@H](CCCCN)C(=O)O[C@H]1C. The zero-order valence-corrected chi connectivity index (χ0v) is 84.5. The highest BCUT2D eigenvalue weighted by Gasteiger charge is 2.44. The molecule has 0 unspecified atom stereocenters. The van der Waals surface area contributed by atoms with Crippen LogP contribution in [0.5, 0.6) is 0 Å². The van der Waals surface area contributed by atoms with E-state index in [4.69, 9.17) is 21.9 Å². The van der Waals surface area contributed by atoms with E-state index in [9.17, 15) is 116 Å². The first-order chi connectivity index (χ1) is 65.2. The molecule has 0 aliphatic carbocycles. The normalized spacial score (nSPS) is 19.9. The van der Waals surface area contributed by atoms with Crippen molar-refractivity contribution in [1.82, 2.24) is 95.3 Å². The van der Waals surface area contributed by atoms with Crippen LogP contribution in [-0.2, 0) is 101 Å². The Morgan fingerprint density at radius 1 is 0.468 bits per heavy atom. The highest BCUT2D eigenvalue weighted by Crippen LogP contribution is 2.23. The first-order valence-corrected chi connectivity index (χ1v) is 48.4. The summed E-state index contributed by atoms with van der Waals surface area (Å²) in [6.07, 6.45) is 2.00. The Morgan fingerprint density at radius 2 is 0.892 bits per heavy atom. The third-order valence-corrected chi connectivity index (χ3v) is 23.2. The van der Waals surface area contributed by atoms with Gasteiger partial charge in [-0.15, -0.1) is 0 Å². The van der Waals surface area contributed by atoms with E-state index >= 15 is 0 Å². The number of carbonyl (C=O) groups is 20. The summed E-state index contributed by atoms with van der Waals surface area (Å²) in [7, 11) is 0. The van der Waals surface area contributed by atoms with E-state index in [0.29, 0.717) is 25.7 Å². The molecular formula is C93H161N21O25. The Morgan fingerprint density at radius 3 is 1.32 bits per heavy atom. The van der Waals surface area contributed by atoms with Gasteiger partial charge in [-0.3, -0.25) is 91.1 Å². The van der Waals surface area contributed by atoms with Gasteiger partial charge in [-0.05, 0) is 158 Å². The van der Waals surface area contributed by atoms with Gasteiger partial charge in [0.1, 0.15) is 114 Å². The van der Waals surface area contributed by atoms with Crippen molar-refractivity contribution in [3.8, 4) is 0 Å². The average molecular weight is 1970 g/mol. The molecule has 139 heavy (non-hydrogen) atoms. The van der Waals surface area contributed by atoms with Crippen molar-refractivity contribution in [2.24, 2.45) is 64.5 Å². The molecule has 2 saturated heterocycles. The number of cyclic esters (lactones) is 1. The van der Waals surface area contributed by atoms with E-state index in [1.165, 1.54) is 45.6 Å². The Labute approximate surface area is 815 Å². The molecule has 46 heteroatoms. The highest BCUT2D eigenvalue weighted by molar-refractivity contribution is 6.05. The molecule has 2 heterocycles. The Kier molecular flexibility index (Phi) is 55.7. The topological polar surface area (TPSA) is 717 Å². The number of nitrogens with two attached hydrogens (primary N) is 3. The molecule has 2 aliphatic rings. The largest absolute Gasteiger partial charge is 0.458 e. The van der Waals surface area contributed by atoms with Crippen LogP contribution in [0.25, 0.3) is 0 Å². The molecule has 0 spiro atoms. The van der Waals surface area contributed by atoms with Gasteiger partial charge in [-0.25, -0.2) is 4.79 Å². The highest BCUT2D eigenvalue weighted by atomic mass is 16.5. The molecule has 0 aromatic carbocycles. The minimum Gasteiger partial charge on any atom is -0.458 e. The van der Waals surface area contributed by atoms with E-state index < -0.39 is 295 Å². The van der Waals surface area contributed by atoms with Crippen molar-refractivity contribution in [3.63, 3.8) is 0 Å². The maximum atomic E-state index is 14.7. The first-order valence-electron chi connectivity index (χ1n) is 48.4. The van der Waals surface area contributed by atoms with E-state index in [2.05, 4.69) is 90.4 Å². The molecule has 2 fully saturated rings. The summed E-state index contributed by atoms with van der Waals surface area (Å²) in [6, 6.07) is -24.2. The van der Waals surface area contributed by atoms with Gasteiger partial charge < -0.3 is 138 Å². The summed E-state index contributed by atoms with van der Waals surface area (Å²) < 4.78 is 5.80. The number of esters is 1. The Balaban J connectivity index is 2.44. The molecule has 0 bridgehead atoms. The second-order valence-corrected chi connectivity index (χ2v) is 38.4. The molecular weight excluding hydrogens is 1810 g/mol. The summed E-state index contributed by atoms with van der Waals surface area (Å²) >= 11 is 0. The van der Waals surface area contributed by atoms with Crippen molar-refractivity contribution < 1.29 is 121 Å². The summed E-state index contributed by atoms with van der Waals surface area (Å²) in [5.41, 5.74) is 16.5. The smallest absolute Gasteiger partial charge is 0.328 e. The number of carbonyl (C=O) groups excluding carboxylic acids is 20. The number of rotatable bonds is 56. The zero-order chi connectivity index (χ0) is 106. The number of ether oxygens (including phenoxy) is 1. The predicted octanol–water partition coefficient (Wildman–Crippen LogP) is -3.91. The molecule has 0 radical (unpaired) electrons. The molecule has 0 saturated carbocycles. The number of hydrogen-bond donors (Lipinski definition) is 24. The first kappa shape index (κ1) is 124. The van der Waals surface area contributed by atoms with Gasteiger partial charge in [-0.1, -0.05) is 149 Å². The van der Waals surface area contributed by atoms with Crippen molar-refractivity contribution in [1.29, 1.82) is 0 Å². The third-order valence-electron chi connectivity index (χ3n) is 23.2. The number of nitrogens with one attached hydrogen (secondary N) is 17. The Hall–Kier alpha value is -11.4. The summed E-state index contributed by atoms with van der Waals surface area (Å²) in [5.74, 6) is -23.8. The van der Waals surface area contributed by atoms with E-state index in [0.717, 1.165) is 18.9 Å². The average Bonchev–Trinajstić information content (AvgIpc) is 1.67. The van der Waals surface area contributed by atoms with E-state index in [-0.39, 0.29) is 101 Å². The van der Waals surface area contributed by atoms with Crippen molar-refractivity contribution in [3.05, 3.63) is 23.5 Å². The van der Waals surface area contributed by atoms with E-state index in [1.54, 1.807) is 96.9 Å². The minimum atomic E-state index is -1.89. The summed E-state index contributed by atoms with van der Waals surface area (Å²) in [6.45, 7) is 29.4. The molecule has 27 N–H and O–H groups in total. The van der Waals surface area contributed by atoms with Gasteiger partial charge >= 0.3 is 5.97 Å². The lowest BCUT2D eigenvalue weighted by molar-refractivity contribution is -0.156. The molecule has 2 rings (SSSR count). The van der Waals surface area contributed by atoms with Gasteiger partial charge in [-0.2, -0.15) is 0 Å².